The number of aromatic nitrogens is 1. The molecule has 0 amide bonds. The van der Waals surface area contributed by atoms with Crippen LogP contribution in [0.25, 0.3) is 0 Å². The second-order valence-corrected chi connectivity index (χ2v) is 3.79. The van der Waals surface area contributed by atoms with Gasteiger partial charge in [-0.25, -0.2) is 4.98 Å². The van der Waals surface area contributed by atoms with Crippen molar-refractivity contribution >= 4 is 27.5 Å². The largest absolute Gasteiger partial charge is 0.481 e. The zero-order valence-corrected chi connectivity index (χ0v) is 8.32. The Labute approximate surface area is 84.6 Å². The minimum absolute atomic E-state index is 0.0591. The van der Waals surface area contributed by atoms with E-state index in [1.165, 1.54) is 0 Å². The Morgan fingerprint density at radius 1 is 1.57 bits per heavy atom. The quantitative estimate of drug-likeness (QED) is 0.590. The Morgan fingerprint density at radius 2 is 2.29 bits per heavy atom. The summed E-state index contributed by atoms with van der Waals surface area (Å²) in [5.74, 6) is -0.128. The first kappa shape index (κ1) is 10.6. The number of nitrogens with one attached hydrogen (secondary N) is 1. The first-order valence-corrected chi connectivity index (χ1v) is 4.41. The van der Waals surface area contributed by atoms with Gasteiger partial charge in [-0.05, 0) is 17.5 Å². The lowest BCUT2D eigenvalue weighted by atomic mass is 9.60. The zero-order valence-electron chi connectivity index (χ0n) is 8.32. The number of nitrogens with zero attached hydrogens (tertiary/aromatic N) is 1. The Kier molecular flexibility index (Phi) is 3.17. The maximum Gasteiger partial charge on any atom is 0.304 e. The summed E-state index contributed by atoms with van der Waals surface area (Å²) in [5.41, 5.74) is 0. The SMILES string of the molecule is BC(B)(CC(=O)O)Nc1ccccn1. The molecule has 0 saturated carbocycles. The summed E-state index contributed by atoms with van der Waals surface area (Å²) < 4.78 is 0. The maximum absolute atomic E-state index is 10.5. The maximum atomic E-state index is 10.5. The Balaban J connectivity index is 2.63. The van der Waals surface area contributed by atoms with Crippen LogP contribution in [0.3, 0.4) is 0 Å². The van der Waals surface area contributed by atoms with Crippen LogP contribution in [-0.2, 0) is 4.79 Å². The third-order valence-corrected chi connectivity index (χ3v) is 1.72. The zero-order chi connectivity index (χ0) is 10.6. The average molecular weight is 190 g/mol. The topological polar surface area (TPSA) is 62.2 Å². The van der Waals surface area contributed by atoms with E-state index in [0.717, 1.165) is 0 Å². The van der Waals surface area contributed by atoms with Gasteiger partial charge in [-0.15, -0.1) is 0 Å². The Morgan fingerprint density at radius 3 is 2.79 bits per heavy atom. The summed E-state index contributed by atoms with van der Waals surface area (Å²) >= 11 is 0. The van der Waals surface area contributed by atoms with Gasteiger partial charge >= 0.3 is 5.97 Å². The number of pyridine rings is 1. The van der Waals surface area contributed by atoms with Crippen molar-refractivity contribution < 1.29 is 9.90 Å². The van der Waals surface area contributed by atoms with E-state index in [0.29, 0.717) is 5.82 Å². The van der Waals surface area contributed by atoms with Crippen LogP contribution in [0.1, 0.15) is 6.42 Å². The van der Waals surface area contributed by atoms with Crippen LogP contribution in [0, 0.1) is 0 Å². The minimum atomic E-state index is -0.821. The van der Waals surface area contributed by atoms with Crippen molar-refractivity contribution in [2.45, 2.75) is 11.8 Å². The van der Waals surface area contributed by atoms with E-state index in [1.54, 1.807) is 6.20 Å². The van der Waals surface area contributed by atoms with E-state index >= 15 is 0 Å². The number of rotatable bonds is 4. The average Bonchev–Trinajstić information content (AvgIpc) is 2.02. The highest BCUT2D eigenvalue weighted by Gasteiger charge is 2.21. The second-order valence-electron chi connectivity index (χ2n) is 3.79. The molecule has 0 spiro atoms. The van der Waals surface area contributed by atoms with Crippen LogP contribution in [0.2, 0.25) is 0 Å². The van der Waals surface area contributed by atoms with Crippen molar-refractivity contribution in [2.75, 3.05) is 5.32 Å². The van der Waals surface area contributed by atoms with E-state index in [9.17, 15) is 4.79 Å². The molecule has 1 aromatic rings. The highest BCUT2D eigenvalue weighted by molar-refractivity contribution is 6.42. The molecule has 1 rings (SSSR count). The second kappa shape index (κ2) is 4.17. The van der Waals surface area contributed by atoms with Gasteiger partial charge in [0.25, 0.3) is 0 Å². The molecule has 0 radical (unpaired) electrons. The van der Waals surface area contributed by atoms with Crippen molar-refractivity contribution in [1.29, 1.82) is 0 Å². The fraction of sp³-hybridized carbons (Fsp3) is 0.250. The van der Waals surface area contributed by atoms with Crippen LogP contribution in [-0.4, -0.2) is 37.1 Å². The number of carboxylic acid groups (broad SMARTS) is 1. The van der Waals surface area contributed by atoms with Crippen LogP contribution < -0.4 is 5.32 Å². The summed E-state index contributed by atoms with van der Waals surface area (Å²) in [6, 6.07) is 5.48. The van der Waals surface area contributed by atoms with E-state index in [2.05, 4.69) is 10.3 Å². The van der Waals surface area contributed by atoms with Crippen LogP contribution in [0.15, 0.2) is 24.4 Å². The summed E-state index contributed by atoms with van der Waals surface area (Å²) in [6.07, 6.45) is 1.72. The van der Waals surface area contributed by atoms with Gasteiger partial charge in [0.05, 0.1) is 6.42 Å². The molecule has 0 unspecified atom stereocenters. The van der Waals surface area contributed by atoms with Gasteiger partial charge in [0.15, 0.2) is 0 Å². The molecule has 1 heterocycles. The van der Waals surface area contributed by atoms with Crippen molar-refractivity contribution in [1.82, 2.24) is 4.98 Å². The summed E-state index contributed by atoms with van der Waals surface area (Å²) in [6.45, 7) is 0. The highest BCUT2D eigenvalue weighted by Crippen LogP contribution is 2.09. The molecule has 0 aliphatic carbocycles. The number of hydrogen-bond donors (Lipinski definition) is 2. The molecule has 14 heavy (non-hydrogen) atoms. The first-order valence-electron chi connectivity index (χ1n) is 4.41. The van der Waals surface area contributed by atoms with Crippen molar-refractivity contribution in [3.63, 3.8) is 0 Å². The molecule has 72 valence electrons. The monoisotopic (exact) mass is 190 g/mol. The fourth-order valence-corrected chi connectivity index (χ4v) is 1.21. The normalized spacial score (nSPS) is 10.9. The number of aliphatic carboxylic acids is 1. The predicted octanol–water partition coefficient (Wildman–Crippen LogP) is -1.11. The van der Waals surface area contributed by atoms with E-state index in [4.69, 9.17) is 5.11 Å². The molecule has 1 aromatic heterocycles. The van der Waals surface area contributed by atoms with Gasteiger partial charge in [0.1, 0.15) is 21.5 Å². The lowest BCUT2D eigenvalue weighted by molar-refractivity contribution is -0.137. The van der Waals surface area contributed by atoms with Gasteiger partial charge in [0.2, 0.25) is 0 Å². The third kappa shape index (κ3) is 3.51. The molecular weight excluding hydrogens is 178 g/mol. The van der Waals surface area contributed by atoms with Crippen LogP contribution in [0.4, 0.5) is 5.82 Å². The lowest BCUT2D eigenvalue weighted by Crippen LogP contribution is -2.41. The molecule has 4 nitrogen and oxygen atoms in total. The van der Waals surface area contributed by atoms with E-state index < -0.39 is 11.3 Å². The van der Waals surface area contributed by atoms with Gasteiger partial charge in [-0.1, -0.05) is 6.07 Å². The lowest BCUT2D eigenvalue weighted by Gasteiger charge is -2.24. The molecule has 0 aliphatic rings. The standard InChI is InChI=1S/C8H12B2N2O2/c9-8(10,5-7(13)14)12-6-3-1-2-4-11-6/h1-4H,5,9-10H2,(H,11,12)(H,13,14). The van der Waals surface area contributed by atoms with E-state index in [-0.39, 0.29) is 6.42 Å². The van der Waals surface area contributed by atoms with Gasteiger partial charge < -0.3 is 10.4 Å². The molecular formula is C8H12B2N2O2. The first-order chi connectivity index (χ1) is 6.49. The van der Waals surface area contributed by atoms with Gasteiger partial charge in [-0.2, -0.15) is 0 Å². The Hall–Kier alpha value is -1.45. The van der Waals surface area contributed by atoms with Crippen LogP contribution >= 0.6 is 0 Å². The number of carboxylic acids is 1. The van der Waals surface area contributed by atoms with Crippen LogP contribution in [0.5, 0.6) is 0 Å². The minimum Gasteiger partial charge on any atom is -0.481 e. The van der Waals surface area contributed by atoms with Crippen molar-refractivity contribution in [3.05, 3.63) is 24.4 Å². The number of anilines is 1. The smallest absolute Gasteiger partial charge is 0.304 e. The third-order valence-electron chi connectivity index (χ3n) is 1.72. The fourth-order valence-electron chi connectivity index (χ4n) is 1.21. The highest BCUT2D eigenvalue weighted by atomic mass is 16.4. The molecule has 0 aliphatic heterocycles. The van der Waals surface area contributed by atoms with Crippen molar-refractivity contribution in [3.8, 4) is 0 Å². The predicted molar refractivity (Wildman–Crippen MR) is 59.9 cm³/mol. The molecule has 6 heteroatoms. The Bertz CT molecular complexity index is 316. The summed E-state index contributed by atoms with van der Waals surface area (Å²) in [5, 5.41) is 11.2. The molecule has 0 saturated heterocycles. The summed E-state index contributed by atoms with van der Waals surface area (Å²) in [7, 11) is 3.66. The number of carbonyl (C=O) groups is 1. The van der Waals surface area contributed by atoms with E-state index in [1.807, 2.05) is 33.9 Å². The van der Waals surface area contributed by atoms with Gasteiger partial charge in [0, 0.05) is 6.20 Å². The summed E-state index contributed by atoms with van der Waals surface area (Å²) in [4.78, 5) is 14.6. The molecule has 2 N–H and O–H groups in total. The molecule has 0 aromatic carbocycles. The molecule has 0 fully saturated rings. The van der Waals surface area contributed by atoms with Crippen molar-refractivity contribution in [2.24, 2.45) is 0 Å². The molecule has 0 atom stereocenters. The molecule has 0 bridgehead atoms. The van der Waals surface area contributed by atoms with Gasteiger partial charge in [-0.3, -0.25) is 4.79 Å². The number of hydrogen-bond acceptors (Lipinski definition) is 3.